The number of hydrogen-bond acceptors (Lipinski definition) is 2. The van der Waals surface area contributed by atoms with E-state index in [0.29, 0.717) is 18.9 Å². The molecule has 0 unspecified atom stereocenters. The number of carboxylic acid groups (broad SMARTS) is 1. The van der Waals surface area contributed by atoms with Gasteiger partial charge in [0.25, 0.3) is 0 Å². The molecule has 1 aromatic heterocycles. The number of ether oxygens (including phenoxy) is 1. The van der Waals surface area contributed by atoms with E-state index in [1.54, 1.807) is 0 Å². The maximum absolute atomic E-state index is 12.1. The fourth-order valence-corrected chi connectivity index (χ4v) is 6.25. The van der Waals surface area contributed by atoms with Crippen LogP contribution < -0.4 is 4.74 Å². The molecule has 172 valence electrons. The van der Waals surface area contributed by atoms with E-state index in [2.05, 4.69) is 48.3 Å². The van der Waals surface area contributed by atoms with Crippen molar-refractivity contribution in [2.45, 2.75) is 50.9 Å². The molecule has 1 heterocycles. The summed E-state index contributed by atoms with van der Waals surface area (Å²) in [6, 6.07) is 20.8. The molecule has 4 heteroatoms. The van der Waals surface area contributed by atoms with Crippen molar-refractivity contribution < 1.29 is 14.6 Å². The lowest BCUT2D eigenvalue weighted by molar-refractivity contribution is 0.0690. The summed E-state index contributed by atoms with van der Waals surface area (Å²) >= 11 is 0. The van der Waals surface area contributed by atoms with Crippen molar-refractivity contribution in [2.75, 3.05) is 6.61 Å². The molecule has 2 aliphatic rings. The lowest BCUT2D eigenvalue weighted by Gasteiger charge is -2.19. The van der Waals surface area contributed by atoms with E-state index in [4.69, 9.17) is 4.74 Å². The summed E-state index contributed by atoms with van der Waals surface area (Å²) in [5.41, 5.74) is 8.28. The third kappa shape index (κ3) is 3.40. The molecule has 4 nitrogen and oxygen atoms in total. The van der Waals surface area contributed by atoms with Crippen LogP contribution in [0, 0.1) is 6.92 Å². The van der Waals surface area contributed by atoms with Crippen LogP contribution in [0.3, 0.4) is 0 Å². The summed E-state index contributed by atoms with van der Waals surface area (Å²) in [6.45, 7) is 2.66. The predicted octanol–water partition coefficient (Wildman–Crippen LogP) is 7.22. The van der Waals surface area contributed by atoms with Gasteiger partial charge in [-0.15, -0.1) is 0 Å². The monoisotopic (exact) mass is 451 g/mol. The minimum absolute atomic E-state index is 0.286. The van der Waals surface area contributed by atoms with Gasteiger partial charge in [0.2, 0.25) is 0 Å². The zero-order valence-electron chi connectivity index (χ0n) is 19.4. The number of aromatic nitrogens is 1. The van der Waals surface area contributed by atoms with Crippen LogP contribution in [0.5, 0.6) is 5.75 Å². The van der Waals surface area contributed by atoms with Crippen LogP contribution in [0.15, 0.2) is 60.7 Å². The van der Waals surface area contributed by atoms with Crippen LogP contribution in [0.1, 0.15) is 70.3 Å². The second kappa shape index (κ2) is 8.35. The lowest BCUT2D eigenvalue weighted by Crippen LogP contribution is -2.06. The number of hydrogen-bond donors (Lipinski definition) is 2. The molecule has 2 aliphatic carbocycles. The first kappa shape index (κ1) is 21.0. The van der Waals surface area contributed by atoms with Crippen molar-refractivity contribution in [3.8, 4) is 16.9 Å². The number of carbonyl (C=O) groups is 1. The SMILES string of the molecule is Cc1ccccc1-c1cccc2c(CCCOc3cccc4c3[C@H]3CC[C@@H]4C3)c(C(=O)O)[nH]c12. The van der Waals surface area contributed by atoms with Gasteiger partial charge in [0, 0.05) is 16.5 Å². The van der Waals surface area contributed by atoms with E-state index in [1.165, 1.54) is 36.0 Å². The first-order valence-electron chi connectivity index (χ1n) is 12.3. The highest BCUT2D eigenvalue weighted by atomic mass is 16.5. The highest BCUT2D eigenvalue weighted by Crippen LogP contribution is 2.55. The Kier molecular flexibility index (Phi) is 5.17. The summed E-state index contributed by atoms with van der Waals surface area (Å²) in [6.07, 6.45) is 5.28. The van der Waals surface area contributed by atoms with Crippen LogP contribution in [-0.4, -0.2) is 22.7 Å². The smallest absolute Gasteiger partial charge is 0.352 e. The van der Waals surface area contributed by atoms with Crippen LogP contribution >= 0.6 is 0 Å². The fraction of sp³-hybridized carbons (Fsp3) is 0.300. The Morgan fingerprint density at radius 2 is 1.79 bits per heavy atom. The average molecular weight is 452 g/mol. The summed E-state index contributed by atoms with van der Waals surface area (Å²) in [5, 5.41) is 10.9. The molecule has 6 rings (SSSR count). The topological polar surface area (TPSA) is 62.3 Å². The Morgan fingerprint density at radius 3 is 2.65 bits per heavy atom. The van der Waals surface area contributed by atoms with E-state index in [0.717, 1.165) is 45.7 Å². The van der Waals surface area contributed by atoms with Gasteiger partial charge in [0.1, 0.15) is 11.4 Å². The summed E-state index contributed by atoms with van der Waals surface area (Å²) < 4.78 is 6.26. The van der Waals surface area contributed by atoms with Gasteiger partial charge in [-0.2, -0.15) is 0 Å². The molecular weight excluding hydrogens is 422 g/mol. The normalized spacial score (nSPS) is 18.4. The number of aromatic amines is 1. The number of benzene rings is 3. The van der Waals surface area contributed by atoms with Crippen molar-refractivity contribution in [1.82, 2.24) is 4.98 Å². The number of para-hydroxylation sites is 1. The Labute approximate surface area is 199 Å². The Hall–Kier alpha value is -3.53. The van der Waals surface area contributed by atoms with E-state index < -0.39 is 5.97 Å². The van der Waals surface area contributed by atoms with Crippen LogP contribution in [0.2, 0.25) is 0 Å². The molecule has 0 aliphatic heterocycles. The number of aromatic carboxylic acids is 1. The van der Waals surface area contributed by atoms with Crippen LogP contribution in [0.4, 0.5) is 0 Å². The van der Waals surface area contributed by atoms with Gasteiger partial charge >= 0.3 is 5.97 Å². The molecule has 1 fully saturated rings. The molecule has 0 radical (unpaired) electrons. The molecule has 0 amide bonds. The highest BCUT2D eigenvalue weighted by Gasteiger charge is 2.38. The first-order chi connectivity index (χ1) is 16.6. The molecule has 3 aromatic carbocycles. The van der Waals surface area contributed by atoms with E-state index in [-0.39, 0.29) is 5.69 Å². The molecule has 2 N–H and O–H groups in total. The number of fused-ring (bicyclic) bond motifs is 6. The zero-order valence-corrected chi connectivity index (χ0v) is 19.4. The number of nitrogens with one attached hydrogen (secondary N) is 1. The lowest BCUT2D eigenvalue weighted by atomic mass is 9.91. The van der Waals surface area contributed by atoms with Gasteiger partial charge in [0.05, 0.1) is 12.1 Å². The van der Waals surface area contributed by atoms with E-state index in [9.17, 15) is 9.90 Å². The van der Waals surface area contributed by atoms with Crippen LogP contribution in [-0.2, 0) is 6.42 Å². The minimum atomic E-state index is -0.917. The number of aryl methyl sites for hydroxylation is 2. The molecule has 0 saturated heterocycles. The van der Waals surface area contributed by atoms with Crippen molar-refractivity contribution >= 4 is 16.9 Å². The Bertz CT molecular complexity index is 1400. The predicted molar refractivity (Wildman–Crippen MR) is 135 cm³/mol. The maximum atomic E-state index is 12.1. The standard InChI is InChI=1S/C30H29NO3/c1-18-7-2-3-8-21(18)23-10-4-11-24-25(29(30(32)33)31-28(23)24)12-6-16-34-26-13-5-9-22-19-14-15-20(17-19)27(22)26/h2-5,7-11,13,19-20,31H,6,12,14-17H2,1H3,(H,32,33)/t19-,20+/m1/s1. The summed E-state index contributed by atoms with van der Waals surface area (Å²) in [5.74, 6) is 1.49. The first-order valence-corrected chi connectivity index (χ1v) is 12.3. The van der Waals surface area contributed by atoms with Gasteiger partial charge in [-0.25, -0.2) is 4.79 Å². The third-order valence-corrected chi connectivity index (χ3v) is 7.80. The van der Waals surface area contributed by atoms with Gasteiger partial charge < -0.3 is 14.8 Å². The van der Waals surface area contributed by atoms with E-state index >= 15 is 0 Å². The van der Waals surface area contributed by atoms with E-state index in [1.807, 2.05) is 24.3 Å². The number of rotatable bonds is 7. The molecule has 0 spiro atoms. The molecule has 2 bridgehead atoms. The number of H-pyrrole nitrogens is 1. The quantitative estimate of drug-likeness (QED) is 0.292. The van der Waals surface area contributed by atoms with Crippen molar-refractivity contribution in [3.63, 3.8) is 0 Å². The average Bonchev–Trinajstić information content (AvgIpc) is 3.56. The van der Waals surface area contributed by atoms with Gasteiger partial charge in [-0.05, 0) is 79.2 Å². The molecular formula is C30H29NO3. The van der Waals surface area contributed by atoms with Crippen molar-refractivity contribution in [1.29, 1.82) is 0 Å². The fourth-order valence-electron chi connectivity index (χ4n) is 6.25. The molecule has 4 aromatic rings. The molecule has 2 atom stereocenters. The maximum Gasteiger partial charge on any atom is 0.352 e. The minimum Gasteiger partial charge on any atom is -0.493 e. The van der Waals surface area contributed by atoms with Gasteiger partial charge in [0.15, 0.2) is 0 Å². The summed E-state index contributed by atoms with van der Waals surface area (Å²) in [7, 11) is 0. The second-order valence-corrected chi connectivity index (χ2v) is 9.74. The van der Waals surface area contributed by atoms with Gasteiger partial charge in [-0.3, -0.25) is 0 Å². The Balaban J connectivity index is 1.25. The van der Waals surface area contributed by atoms with Gasteiger partial charge in [-0.1, -0.05) is 54.6 Å². The summed E-state index contributed by atoms with van der Waals surface area (Å²) in [4.78, 5) is 15.3. The second-order valence-electron chi connectivity index (χ2n) is 9.74. The van der Waals surface area contributed by atoms with Crippen molar-refractivity contribution in [2.24, 2.45) is 0 Å². The number of carboxylic acids is 1. The molecule has 34 heavy (non-hydrogen) atoms. The Morgan fingerprint density at radius 1 is 1.00 bits per heavy atom. The highest BCUT2D eigenvalue weighted by molar-refractivity contribution is 6.03. The van der Waals surface area contributed by atoms with Crippen molar-refractivity contribution in [3.05, 3.63) is 88.6 Å². The third-order valence-electron chi connectivity index (χ3n) is 7.80. The molecule has 1 saturated carbocycles. The largest absolute Gasteiger partial charge is 0.493 e. The zero-order chi connectivity index (χ0) is 23.2. The van der Waals surface area contributed by atoms with Crippen LogP contribution in [0.25, 0.3) is 22.0 Å².